The molecule has 2 unspecified atom stereocenters. The highest BCUT2D eigenvalue weighted by Gasteiger charge is 2.33. The third-order valence-electron chi connectivity index (χ3n) is 4.86. The number of nitrogens with zero attached hydrogens (tertiary/aromatic N) is 5. The number of aryl methyl sites for hydroxylation is 1. The van der Waals surface area contributed by atoms with Crippen molar-refractivity contribution in [2.24, 2.45) is 0 Å². The van der Waals surface area contributed by atoms with Crippen LogP contribution in [0.5, 0.6) is 0 Å². The van der Waals surface area contributed by atoms with Crippen molar-refractivity contribution in [2.75, 3.05) is 18.9 Å². The van der Waals surface area contributed by atoms with E-state index in [1.165, 1.54) is 5.56 Å². The first-order valence-corrected chi connectivity index (χ1v) is 8.95. The van der Waals surface area contributed by atoms with Crippen molar-refractivity contribution in [3.8, 4) is 0 Å². The van der Waals surface area contributed by atoms with E-state index in [-0.39, 0.29) is 12.1 Å². The molecule has 1 aliphatic heterocycles. The van der Waals surface area contributed by atoms with Gasteiger partial charge in [0.2, 0.25) is 0 Å². The molecule has 0 amide bonds. The largest absolute Gasteiger partial charge is 0.365 e. The first-order chi connectivity index (χ1) is 12.2. The molecule has 130 valence electrons. The van der Waals surface area contributed by atoms with Crippen LogP contribution in [-0.2, 0) is 6.42 Å². The second-order valence-corrected chi connectivity index (χ2v) is 6.91. The summed E-state index contributed by atoms with van der Waals surface area (Å²) in [4.78, 5) is 11.1. The van der Waals surface area contributed by atoms with Gasteiger partial charge in [0.05, 0.1) is 6.04 Å². The Morgan fingerprint density at radius 2 is 2.08 bits per heavy atom. The number of aromatic nitrogens is 4. The van der Waals surface area contributed by atoms with E-state index in [1.54, 1.807) is 10.8 Å². The lowest BCUT2D eigenvalue weighted by Crippen LogP contribution is -2.30. The van der Waals surface area contributed by atoms with Crippen LogP contribution < -0.4 is 5.32 Å². The zero-order valence-electron chi connectivity index (χ0n) is 14.4. The van der Waals surface area contributed by atoms with Crippen LogP contribution in [0, 0.1) is 0 Å². The maximum atomic E-state index is 6.05. The van der Waals surface area contributed by atoms with Gasteiger partial charge in [0, 0.05) is 29.4 Å². The number of rotatable bonds is 4. The molecule has 7 heteroatoms. The molecule has 0 aliphatic carbocycles. The molecular formula is C18H21ClN6. The SMILES string of the molecule is CCc1cc(NC2CCN(C)C2c2ccc(Cl)cc2)n2ncnc2n1. The first-order valence-electron chi connectivity index (χ1n) is 8.57. The summed E-state index contributed by atoms with van der Waals surface area (Å²) < 4.78 is 1.77. The topological polar surface area (TPSA) is 58.4 Å². The van der Waals surface area contributed by atoms with E-state index < -0.39 is 0 Å². The molecule has 3 heterocycles. The zero-order chi connectivity index (χ0) is 17.4. The first kappa shape index (κ1) is 16.3. The Labute approximate surface area is 151 Å². The van der Waals surface area contributed by atoms with Gasteiger partial charge in [-0.2, -0.15) is 14.6 Å². The summed E-state index contributed by atoms with van der Waals surface area (Å²) in [5.74, 6) is 1.58. The van der Waals surface area contributed by atoms with Gasteiger partial charge in [-0.25, -0.2) is 4.98 Å². The van der Waals surface area contributed by atoms with E-state index in [0.717, 1.165) is 35.9 Å². The number of halogens is 1. The third-order valence-corrected chi connectivity index (χ3v) is 5.11. The van der Waals surface area contributed by atoms with Crippen molar-refractivity contribution >= 4 is 23.2 Å². The minimum Gasteiger partial charge on any atom is -0.365 e. The number of likely N-dealkylation sites (N-methyl/N-ethyl adjacent to an activating group) is 1. The third kappa shape index (κ3) is 3.07. The standard InChI is InChI=1S/C18H21ClN6/c1-3-14-10-16(25-18(22-14)20-11-21-25)23-15-8-9-24(2)17(15)12-4-6-13(19)7-5-12/h4-7,10-11,15,17,23H,3,8-9H2,1-2H3. The van der Waals surface area contributed by atoms with E-state index in [1.807, 2.05) is 12.1 Å². The van der Waals surface area contributed by atoms with Crippen LogP contribution in [0.1, 0.15) is 30.6 Å². The fraction of sp³-hybridized carbons (Fsp3) is 0.389. The zero-order valence-corrected chi connectivity index (χ0v) is 15.1. The second-order valence-electron chi connectivity index (χ2n) is 6.47. The Balaban J connectivity index is 1.67. The van der Waals surface area contributed by atoms with Crippen molar-refractivity contribution in [1.82, 2.24) is 24.5 Å². The van der Waals surface area contributed by atoms with Crippen molar-refractivity contribution in [3.05, 3.63) is 52.9 Å². The molecule has 6 nitrogen and oxygen atoms in total. The van der Waals surface area contributed by atoms with E-state index in [9.17, 15) is 0 Å². The Bertz CT molecular complexity index is 875. The van der Waals surface area contributed by atoms with Crippen LogP contribution in [0.25, 0.3) is 5.78 Å². The minimum absolute atomic E-state index is 0.283. The van der Waals surface area contributed by atoms with E-state index in [4.69, 9.17) is 11.6 Å². The van der Waals surface area contributed by atoms with Crippen LogP contribution in [0.4, 0.5) is 5.82 Å². The van der Waals surface area contributed by atoms with Crippen LogP contribution in [0.2, 0.25) is 5.02 Å². The Morgan fingerprint density at radius 1 is 1.28 bits per heavy atom. The fourth-order valence-corrected chi connectivity index (χ4v) is 3.71. The van der Waals surface area contributed by atoms with Crippen molar-refractivity contribution in [3.63, 3.8) is 0 Å². The summed E-state index contributed by atoms with van der Waals surface area (Å²) in [6.45, 7) is 3.13. The summed E-state index contributed by atoms with van der Waals surface area (Å²) in [6, 6.07) is 10.8. The number of hydrogen-bond acceptors (Lipinski definition) is 5. The van der Waals surface area contributed by atoms with Crippen LogP contribution in [-0.4, -0.2) is 44.1 Å². The lowest BCUT2D eigenvalue weighted by molar-refractivity contribution is 0.309. The molecule has 1 N–H and O–H groups in total. The number of benzene rings is 1. The molecule has 0 saturated carbocycles. The minimum atomic E-state index is 0.283. The molecule has 0 radical (unpaired) electrons. The number of anilines is 1. The number of nitrogens with one attached hydrogen (secondary N) is 1. The van der Waals surface area contributed by atoms with Gasteiger partial charge in [0.1, 0.15) is 12.1 Å². The smallest absolute Gasteiger partial charge is 0.254 e. The maximum absolute atomic E-state index is 6.05. The predicted molar refractivity (Wildman–Crippen MR) is 99.0 cm³/mol. The molecule has 0 bridgehead atoms. The maximum Gasteiger partial charge on any atom is 0.254 e. The van der Waals surface area contributed by atoms with E-state index in [0.29, 0.717) is 5.78 Å². The van der Waals surface area contributed by atoms with Gasteiger partial charge in [-0.1, -0.05) is 30.7 Å². The van der Waals surface area contributed by atoms with Gasteiger partial charge in [-0.05, 0) is 37.6 Å². The summed E-state index contributed by atoms with van der Waals surface area (Å²) in [6.07, 6.45) is 3.47. The number of likely N-dealkylation sites (tertiary alicyclic amines) is 1. The summed E-state index contributed by atoms with van der Waals surface area (Å²) >= 11 is 6.05. The van der Waals surface area contributed by atoms with Crippen LogP contribution in [0.15, 0.2) is 36.7 Å². The summed E-state index contributed by atoms with van der Waals surface area (Å²) in [5.41, 5.74) is 2.28. The predicted octanol–water partition coefficient (Wildman–Crippen LogP) is 3.20. The average molecular weight is 357 g/mol. The molecule has 25 heavy (non-hydrogen) atoms. The molecule has 3 aromatic rings. The summed E-state index contributed by atoms with van der Waals surface area (Å²) in [5, 5.41) is 8.76. The van der Waals surface area contributed by atoms with Gasteiger partial charge >= 0.3 is 0 Å². The normalized spacial score (nSPS) is 21.1. The quantitative estimate of drug-likeness (QED) is 0.778. The molecule has 1 fully saturated rings. The van der Waals surface area contributed by atoms with Crippen molar-refractivity contribution in [1.29, 1.82) is 0 Å². The van der Waals surface area contributed by atoms with E-state index >= 15 is 0 Å². The number of fused-ring (bicyclic) bond motifs is 1. The average Bonchev–Trinajstić information content (AvgIpc) is 3.23. The monoisotopic (exact) mass is 356 g/mol. The molecule has 2 aromatic heterocycles. The van der Waals surface area contributed by atoms with Gasteiger partial charge in [-0.3, -0.25) is 4.90 Å². The van der Waals surface area contributed by atoms with E-state index in [2.05, 4.69) is 57.5 Å². The lowest BCUT2D eigenvalue weighted by Gasteiger charge is -2.27. The van der Waals surface area contributed by atoms with Crippen LogP contribution >= 0.6 is 11.6 Å². The van der Waals surface area contributed by atoms with Gasteiger partial charge in [0.25, 0.3) is 5.78 Å². The molecule has 1 saturated heterocycles. The van der Waals surface area contributed by atoms with Crippen molar-refractivity contribution < 1.29 is 0 Å². The molecule has 2 atom stereocenters. The Morgan fingerprint density at radius 3 is 2.84 bits per heavy atom. The van der Waals surface area contributed by atoms with Gasteiger partial charge in [0.15, 0.2) is 0 Å². The lowest BCUT2D eigenvalue weighted by atomic mass is 10.0. The highest BCUT2D eigenvalue weighted by molar-refractivity contribution is 6.30. The van der Waals surface area contributed by atoms with Gasteiger partial charge in [-0.15, -0.1) is 0 Å². The Hall–Kier alpha value is -2.18. The van der Waals surface area contributed by atoms with Crippen molar-refractivity contribution in [2.45, 2.75) is 31.8 Å². The highest BCUT2D eigenvalue weighted by atomic mass is 35.5. The molecule has 4 rings (SSSR count). The van der Waals surface area contributed by atoms with Crippen LogP contribution in [0.3, 0.4) is 0 Å². The highest BCUT2D eigenvalue weighted by Crippen LogP contribution is 2.33. The molecular weight excluding hydrogens is 336 g/mol. The molecule has 0 spiro atoms. The van der Waals surface area contributed by atoms with Gasteiger partial charge < -0.3 is 5.32 Å². The second kappa shape index (κ2) is 6.61. The molecule has 1 aromatic carbocycles. The Kier molecular flexibility index (Phi) is 4.31. The fourth-order valence-electron chi connectivity index (χ4n) is 3.58. The number of hydrogen-bond donors (Lipinski definition) is 1. The summed E-state index contributed by atoms with van der Waals surface area (Å²) in [7, 11) is 2.16. The molecule has 1 aliphatic rings.